The molecule has 0 fully saturated rings. The lowest BCUT2D eigenvalue weighted by Crippen LogP contribution is -2.11. The Morgan fingerprint density at radius 2 is 0.688 bits per heavy atom. The zero-order valence-corrected chi connectivity index (χ0v) is 21.4. The van der Waals surface area contributed by atoms with Crippen molar-refractivity contribution in [1.82, 2.24) is 0 Å². The van der Waals surface area contributed by atoms with Gasteiger partial charge in [-0.05, 0) is 12.8 Å². The van der Waals surface area contributed by atoms with E-state index in [2.05, 4.69) is 13.8 Å². The fourth-order valence-corrected chi connectivity index (χ4v) is 3.17. The van der Waals surface area contributed by atoms with Gasteiger partial charge in [0.2, 0.25) is 0 Å². The second kappa shape index (κ2) is 34.5. The minimum atomic E-state index is -0.659. The van der Waals surface area contributed by atoms with Crippen LogP contribution in [0.5, 0.6) is 0 Å². The summed E-state index contributed by atoms with van der Waals surface area (Å²) in [7, 11) is 0. The molecule has 0 heterocycles. The van der Waals surface area contributed by atoms with Crippen molar-refractivity contribution in [1.29, 1.82) is 0 Å². The number of nitrogens with two attached hydrogens (primary N) is 2. The van der Waals surface area contributed by atoms with Crippen LogP contribution in [0, 0.1) is 0 Å². The molecule has 0 amide bonds. The third-order valence-corrected chi connectivity index (χ3v) is 5.16. The van der Waals surface area contributed by atoms with Crippen LogP contribution >= 0.6 is 0 Å². The predicted octanol–water partition coefficient (Wildman–Crippen LogP) is 6.89. The van der Waals surface area contributed by atoms with Crippen molar-refractivity contribution in [3.63, 3.8) is 0 Å². The first kappa shape index (κ1) is 35.4. The molecule has 194 valence electrons. The van der Waals surface area contributed by atoms with Crippen LogP contribution in [0.1, 0.15) is 142 Å². The fraction of sp³-hybridized carbons (Fsp3) is 0.923. The van der Waals surface area contributed by atoms with Gasteiger partial charge >= 0.3 is 11.9 Å². The number of carboxylic acid groups (broad SMARTS) is 2. The van der Waals surface area contributed by atoms with E-state index < -0.39 is 11.9 Å². The molecule has 32 heavy (non-hydrogen) atoms. The van der Waals surface area contributed by atoms with Gasteiger partial charge < -0.3 is 21.7 Å². The van der Waals surface area contributed by atoms with Gasteiger partial charge in [0.15, 0.2) is 0 Å². The number of unbranched alkanes of at least 4 members (excludes halogenated alkanes) is 16. The number of hydrogen-bond acceptors (Lipinski definition) is 4. The number of aliphatic carboxylic acids is 2. The van der Waals surface area contributed by atoms with Gasteiger partial charge in [-0.25, -0.2) is 0 Å². The van der Waals surface area contributed by atoms with Gasteiger partial charge in [-0.1, -0.05) is 117 Å². The summed E-state index contributed by atoms with van der Waals surface area (Å²) in [6.07, 6.45) is 23.0. The lowest BCUT2D eigenvalue weighted by molar-refractivity contribution is -0.138. The monoisotopic (exact) mass is 460 g/mol. The highest BCUT2D eigenvalue weighted by Gasteiger charge is 1.97. The van der Waals surface area contributed by atoms with Crippen LogP contribution in [0.25, 0.3) is 0 Å². The van der Waals surface area contributed by atoms with Crippen molar-refractivity contribution in [2.45, 2.75) is 142 Å². The molecule has 6 nitrogen and oxygen atoms in total. The SMILES string of the molecule is CCCCCCCCCCCC(=O)O.CCCCCCCCCCCC(=O)O.NCCN. The molecule has 0 bridgehead atoms. The van der Waals surface area contributed by atoms with E-state index in [1.165, 1.54) is 89.9 Å². The second-order valence-electron chi connectivity index (χ2n) is 8.52. The van der Waals surface area contributed by atoms with Crippen molar-refractivity contribution in [3.8, 4) is 0 Å². The lowest BCUT2D eigenvalue weighted by atomic mass is 10.1. The van der Waals surface area contributed by atoms with Crippen LogP contribution in [0.2, 0.25) is 0 Å². The summed E-state index contributed by atoms with van der Waals surface area (Å²) in [6.45, 7) is 5.65. The molecule has 0 saturated heterocycles. The van der Waals surface area contributed by atoms with E-state index in [1.807, 2.05) is 0 Å². The summed E-state index contributed by atoms with van der Waals surface area (Å²) in [5.74, 6) is -1.32. The van der Waals surface area contributed by atoms with Crippen molar-refractivity contribution >= 4 is 11.9 Å². The Kier molecular flexibility index (Phi) is 38.2. The summed E-state index contributed by atoms with van der Waals surface area (Å²) in [5.41, 5.74) is 9.81. The largest absolute Gasteiger partial charge is 0.481 e. The Hall–Kier alpha value is -1.14. The lowest BCUT2D eigenvalue weighted by Gasteiger charge is -2.00. The molecular formula is C26H56N2O4. The van der Waals surface area contributed by atoms with E-state index in [-0.39, 0.29) is 0 Å². The Morgan fingerprint density at radius 1 is 0.469 bits per heavy atom. The first-order chi connectivity index (χ1) is 15.5. The van der Waals surface area contributed by atoms with Gasteiger partial charge in [0.05, 0.1) is 0 Å². The molecule has 0 aromatic carbocycles. The van der Waals surface area contributed by atoms with E-state index >= 15 is 0 Å². The van der Waals surface area contributed by atoms with Crippen molar-refractivity contribution in [2.75, 3.05) is 13.1 Å². The molecule has 0 aromatic heterocycles. The summed E-state index contributed by atoms with van der Waals surface area (Å²) >= 11 is 0. The summed E-state index contributed by atoms with van der Waals surface area (Å²) < 4.78 is 0. The number of hydrogen-bond donors (Lipinski definition) is 4. The molecule has 0 aliphatic rings. The van der Waals surface area contributed by atoms with E-state index in [4.69, 9.17) is 21.7 Å². The van der Waals surface area contributed by atoms with Crippen LogP contribution in [0.4, 0.5) is 0 Å². The minimum Gasteiger partial charge on any atom is -0.481 e. The van der Waals surface area contributed by atoms with Gasteiger partial charge in [0.1, 0.15) is 0 Å². The molecule has 0 aromatic rings. The smallest absolute Gasteiger partial charge is 0.303 e. The van der Waals surface area contributed by atoms with Crippen molar-refractivity contribution in [2.24, 2.45) is 11.5 Å². The molecule has 0 aliphatic carbocycles. The van der Waals surface area contributed by atoms with E-state index in [9.17, 15) is 9.59 Å². The molecular weight excluding hydrogens is 404 g/mol. The topological polar surface area (TPSA) is 127 Å². The summed E-state index contributed by atoms with van der Waals surface area (Å²) in [6, 6.07) is 0. The highest BCUT2D eigenvalue weighted by Crippen LogP contribution is 2.11. The van der Waals surface area contributed by atoms with Crippen LogP contribution in [0.3, 0.4) is 0 Å². The Balaban J connectivity index is -0.000000450. The van der Waals surface area contributed by atoms with Crippen LogP contribution in [-0.4, -0.2) is 35.2 Å². The molecule has 0 unspecified atom stereocenters. The van der Waals surface area contributed by atoms with Crippen molar-refractivity contribution < 1.29 is 19.8 Å². The zero-order chi connectivity index (χ0) is 24.7. The molecule has 0 aliphatic heterocycles. The van der Waals surface area contributed by atoms with Gasteiger partial charge in [-0.2, -0.15) is 0 Å². The average molecular weight is 461 g/mol. The highest BCUT2D eigenvalue weighted by atomic mass is 16.4. The molecule has 0 rings (SSSR count). The van der Waals surface area contributed by atoms with E-state index in [0.717, 1.165) is 25.7 Å². The zero-order valence-electron chi connectivity index (χ0n) is 21.4. The maximum Gasteiger partial charge on any atom is 0.303 e. The third-order valence-electron chi connectivity index (χ3n) is 5.16. The molecule has 6 N–H and O–H groups in total. The maximum absolute atomic E-state index is 10.2. The molecule has 6 heteroatoms. The standard InChI is InChI=1S/2C12H24O2.C2H8N2/c2*1-2-3-4-5-6-7-8-9-10-11-12(13)14;3-1-2-4/h2*2-11H2,1H3,(H,13,14);1-4H2. The van der Waals surface area contributed by atoms with Gasteiger partial charge in [0, 0.05) is 25.9 Å². The molecule has 0 spiro atoms. The van der Waals surface area contributed by atoms with Crippen LogP contribution in [-0.2, 0) is 9.59 Å². The van der Waals surface area contributed by atoms with E-state index in [0.29, 0.717) is 25.9 Å². The molecule has 0 atom stereocenters. The predicted molar refractivity (Wildman–Crippen MR) is 137 cm³/mol. The summed E-state index contributed by atoms with van der Waals surface area (Å²) in [5, 5.41) is 16.8. The fourth-order valence-electron chi connectivity index (χ4n) is 3.17. The normalized spacial score (nSPS) is 10.0. The van der Waals surface area contributed by atoms with Crippen molar-refractivity contribution in [3.05, 3.63) is 0 Å². The first-order valence-electron chi connectivity index (χ1n) is 13.3. The maximum atomic E-state index is 10.2. The molecule has 0 saturated carbocycles. The Morgan fingerprint density at radius 3 is 0.875 bits per heavy atom. The number of carbonyl (C=O) groups is 2. The van der Waals surface area contributed by atoms with E-state index in [1.54, 1.807) is 0 Å². The second-order valence-corrected chi connectivity index (χ2v) is 8.52. The first-order valence-corrected chi connectivity index (χ1v) is 13.3. The average Bonchev–Trinajstić information content (AvgIpc) is 2.77. The minimum absolute atomic E-state index is 0.343. The summed E-state index contributed by atoms with van der Waals surface area (Å²) in [4.78, 5) is 20.4. The van der Waals surface area contributed by atoms with Crippen LogP contribution in [0.15, 0.2) is 0 Å². The number of rotatable bonds is 21. The van der Waals surface area contributed by atoms with Gasteiger partial charge in [-0.3, -0.25) is 9.59 Å². The van der Waals surface area contributed by atoms with Gasteiger partial charge in [-0.15, -0.1) is 0 Å². The van der Waals surface area contributed by atoms with Crippen LogP contribution < -0.4 is 11.5 Å². The van der Waals surface area contributed by atoms with Gasteiger partial charge in [0.25, 0.3) is 0 Å². The third kappa shape index (κ3) is 46.9. The number of carboxylic acids is 2. The quantitative estimate of drug-likeness (QED) is 0.138. The Labute approximate surface area is 198 Å². The Bertz CT molecular complexity index is 332. The molecule has 0 radical (unpaired) electrons. The highest BCUT2D eigenvalue weighted by molar-refractivity contribution is 5.66.